The lowest BCUT2D eigenvalue weighted by atomic mass is 10.2. The van der Waals surface area contributed by atoms with E-state index in [0.29, 0.717) is 12.6 Å². The molecule has 0 aliphatic carbocycles. The first kappa shape index (κ1) is 8.45. The van der Waals surface area contributed by atoms with Gasteiger partial charge in [0, 0.05) is 25.7 Å². The van der Waals surface area contributed by atoms with Crippen molar-refractivity contribution in [3.8, 4) is 0 Å². The monoisotopic (exact) mass is 172 g/mol. The smallest absolute Gasteiger partial charge is 0.114 e. The van der Waals surface area contributed by atoms with Gasteiger partial charge in [0.2, 0.25) is 0 Å². The van der Waals surface area contributed by atoms with Gasteiger partial charge >= 0.3 is 0 Å². The molecule has 0 unspecified atom stereocenters. The van der Waals surface area contributed by atoms with E-state index < -0.39 is 6.17 Å². The molecule has 12 heavy (non-hydrogen) atoms. The van der Waals surface area contributed by atoms with Crippen molar-refractivity contribution in [1.82, 2.24) is 10.2 Å². The molecule has 3 heteroatoms. The molecule has 2 nitrogen and oxygen atoms in total. The van der Waals surface area contributed by atoms with Crippen molar-refractivity contribution in [1.29, 1.82) is 0 Å². The molecule has 0 bridgehead atoms. The van der Waals surface area contributed by atoms with Crippen LogP contribution in [0.5, 0.6) is 0 Å². The summed E-state index contributed by atoms with van der Waals surface area (Å²) in [6, 6.07) is 0.635. The first-order valence-electron chi connectivity index (χ1n) is 4.94. The molecule has 2 rings (SSSR count). The molecular formula is C9H17FN2. The van der Waals surface area contributed by atoms with Gasteiger partial charge in [-0.1, -0.05) is 0 Å². The highest BCUT2D eigenvalue weighted by Crippen LogP contribution is 2.14. The second kappa shape index (κ2) is 3.71. The standard InChI is InChI=1S/C9H17FN2/c10-8-3-5-12(6-8)7-9-2-1-4-11-9/h8-9,11H,1-7H2/t8-,9-/m0/s1. The van der Waals surface area contributed by atoms with Crippen molar-refractivity contribution >= 4 is 0 Å². The zero-order chi connectivity index (χ0) is 8.39. The summed E-state index contributed by atoms with van der Waals surface area (Å²) in [4.78, 5) is 2.24. The van der Waals surface area contributed by atoms with Gasteiger partial charge in [-0.2, -0.15) is 0 Å². The average molecular weight is 172 g/mol. The summed E-state index contributed by atoms with van der Waals surface area (Å²) < 4.78 is 12.8. The van der Waals surface area contributed by atoms with E-state index in [-0.39, 0.29) is 0 Å². The van der Waals surface area contributed by atoms with Gasteiger partial charge in [0.25, 0.3) is 0 Å². The molecule has 2 fully saturated rings. The summed E-state index contributed by atoms with van der Waals surface area (Å²) in [6.45, 7) is 3.83. The predicted molar refractivity (Wildman–Crippen MR) is 47.0 cm³/mol. The molecule has 2 heterocycles. The van der Waals surface area contributed by atoms with E-state index in [1.807, 2.05) is 0 Å². The highest BCUT2D eigenvalue weighted by Gasteiger charge is 2.25. The van der Waals surface area contributed by atoms with Gasteiger partial charge in [0.05, 0.1) is 0 Å². The van der Waals surface area contributed by atoms with E-state index in [2.05, 4.69) is 10.2 Å². The fraction of sp³-hybridized carbons (Fsp3) is 1.00. The lowest BCUT2D eigenvalue weighted by Gasteiger charge is -2.19. The highest BCUT2D eigenvalue weighted by atomic mass is 19.1. The van der Waals surface area contributed by atoms with Crippen LogP contribution in [0.25, 0.3) is 0 Å². The minimum Gasteiger partial charge on any atom is -0.313 e. The quantitative estimate of drug-likeness (QED) is 0.662. The number of halogens is 1. The molecule has 0 saturated carbocycles. The summed E-state index contributed by atoms with van der Waals surface area (Å²) in [7, 11) is 0. The molecule has 1 N–H and O–H groups in total. The van der Waals surface area contributed by atoms with Crippen LogP contribution in [0.1, 0.15) is 19.3 Å². The first-order valence-corrected chi connectivity index (χ1v) is 4.94. The molecule has 0 aromatic carbocycles. The summed E-state index contributed by atoms with van der Waals surface area (Å²) in [5.41, 5.74) is 0. The number of hydrogen-bond donors (Lipinski definition) is 1. The van der Waals surface area contributed by atoms with Gasteiger partial charge in [-0.25, -0.2) is 4.39 Å². The largest absolute Gasteiger partial charge is 0.313 e. The maximum atomic E-state index is 12.8. The van der Waals surface area contributed by atoms with Crippen molar-refractivity contribution in [2.75, 3.05) is 26.2 Å². The molecule has 2 aliphatic rings. The molecule has 70 valence electrons. The van der Waals surface area contributed by atoms with E-state index in [1.54, 1.807) is 0 Å². The van der Waals surface area contributed by atoms with Crippen LogP contribution >= 0.6 is 0 Å². The molecule has 0 radical (unpaired) electrons. The molecular weight excluding hydrogens is 155 g/mol. The number of rotatable bonds is 2. The van der Waals surface area contributed by atoms with E-state index in [0.717, 1.165) is 26.1 Å². The van der Waals surface area contributed by atoms with E-state index in [4.69, 9.17) is 0 Å². The van der Waals surface area contributed by atoms with E-state index >= 15 is 0 Å². The van der Waals surface area contributed by atoms with Gasteiger partial charge in [-0.15, -0.1) is 0 Å². The number of likely N-dealkylation sites (tertiary alicyclic amines) is 1. The fourth-order valence-electron chi connectivity index (χ4n) is 2.18. The fourth-order valence-corrected chi connectivity index (χ4v) is 2.18. The molecule has 0 aromatic rings. The van der Waals surface area contributed by atoms with Crippen molar-refractivity contribution in [2.24, 2.45) is 0 Å². The first-order chi connectivity index (χ1) is 5.84. The average Bonchev–Trinajstić information content (AvgIpc) is 2.63. The molecule has 2 aliphatic heterocycles. The number of hydrogen-bond acceptors (Lipinski definition) is 2. The van der Waals surface area contributed by atoms with Crippen molar-refractivity contribution in [3.63, 3.8) is 0 Å². The highest BCUT2D eigenvalue weighted by molar-refractivity contribution is 4.82. The van der Waals surface area contributed by atoms with Crippen LogP contribution in [0.3, 0.4) is 0 Å². The topological polar surface area (TPSA) is 15.3 Å². The second-order valence-corrected chi connectivity index (χ2v) is 3.94. The summed E-state index contributed by atoms with van der Waals surface area (Å²) >= 11 is 0. The Bertz CT molecular complexity index is 145. The third-order valence-electron chi connectivity index (χ3n) is 2.86. The maximum Gasteiger partial charge on any atom is 0.114 e. The Labute approximate surface area is 73.1 Å². The SMILES string of the molecule is F[C@H]1CCN(C[C@@H]2CCCN2)C1. The zero-order valence-corrected chi connectivity index (χ0v) is 7.43. The Morgan fingerprint density at radius 1 is 1.42 bits per heavy atom. The molecule has 0 amide bonds. The number of alkyl halides is 1. The lowest BCUT2D eigenvalue weighted by Crippen LogP contribution is -2.36. The Morgan fingerprint density at radius 2 is 2.33 bits per heavy atom. The van der Waals surface area contributed by atoms with E-state index in [1.165, 1.54) is 12.8 Å². The van der Waals surface area contributed by atoms with Gasteiger partial charge in [-0.3, -0.25) is 4.90 Å². The summed E-state index contributed by atoms with van der Waals surface area (Å²) in [6.07, 6.45) is 2.74. The van der Waals surface area contributed by atoms with Crippen LogP contribution in [0.15, 0.2) is 0 Å². The normalized spacial score (nSPS) is 37.8. The van der Waals surface area contributed by atoms with Gasteiger partial charge in [0.1, 0.15) is 6.17 Å². The van der Waals surface area contributed by atoms with Crippen molar-refractivity contribution in [3.05, 3.63) is 0 Å². The minimum atomic E-state index is -0.564. The lowest BCUT2D eigenvalue weighted by molar-refractivity contribution is 0.268. The van der Waals surface area contributed by atoms with Crippen LogP contribution in [0, 0.1) is 0 Å². The second-order valence-electron chi connectivity index (χ2n) is 3.94. The molecule has 2 saturated heterocycles. The van der Waals surface area contributed by atoms with Crippen LogP contribution in [0.2, 0.25) is 0 Å². The number of nitrogens with zero attached hydrogens (tertiary/aromatic N) is 1. The predicted octanol–water partition coefficient (Wildman–Crippen LogP) is 0.782. The van der Waals surface area contributed by atoms with Crippen molar-refractivity contribution < 1.29 is 4.39 Å². The molecule has 2 atom stereocenters. The Balaban J connectivity index is 1.72. The Morgan fingerprint density at radius 3 is 2.92 bits per heavy atom. The van der Waals surface area contributed by atoms with Gasteiger partial charge < -0.3 is 5.32 Å². The number of nitrogens with one attached hydrogen (secondary N) is 1. The molecule has 0 spiro atoms. The summed E-state index contributed by atoms with van der Waals surface area (Å²) in [5.74, 6) is 0. The Hall–Kier alpha value is -0.150. The molecule has 0 aromatic heterocycles. The third-order valence-corrected chi connectivity index (χ3v) is 2.86. The van der Waals surface area contributed by atoms with Gasteiger partial charge in [-0.05, 0) is 25.8 Å². The van der Waals surface area contributed by atoms with Crippen LogP contribution in [0.4, 0.5) is 4.39 Å². The Kier molecular flexibility index (Phi) is 2.61. The van der Waals surface area contributed by atoms with Crippen LogP contribution in [-0.4, -0.2) is 43.3 Å². The minimum absolute atomic E-state index is 0.564. The van der Waals surface area contributed by atoms with Crippen molar-refractivity contribution in [2.45, 2.75) is 31.5 Å². The van der Waals surface area contributed by atoms with E-state index in [9.17, 15) is 4.39 Å². The van der Waals surface area contributed by atoms with Crippen LogP contribution in [-0.2, 0) is 0 Å². The maximum absolute atomic E-state index is 12.8. The zero-order valence-electron chi connectivity index (χ0n) is 7.43. The third kappa shape index (κ3) is 1.96. The summed E-state index contributed by atoms with van der Waals surface area (Å²) in [5, 5.41) is 3.43. The van der Waals surface area contributed by atoms with Crippen LogP contribution < -0.4 is 5.32 Å². The van der Waals surface area contributed by atoms with Gasteiger partial charge in [0.15, 0.2) is 0 Å².